The molecule has 0 heterocycles. The molecule has 2 aromatic rings. The van der Waals surface area contributed by atoms with E-state index in [0.29, 0.717) is 23.8 Å². The lowest BCUT2D eigenvalue weighted by molar-refractivity contribution is 0.317. The van der Waals surface area contributed by atoms with Gasteiger partial charge in [0.2, 0.25) is 0 Å². The maximum Gasteiger partial charge on any atom is 0.127 e. The minimum Gasteiger partial charge on any atom is -0.494 e. The quantitative estimate of drug-likeness (QED) is 0.815. The van der Waals surface area contributed by atoms with Gasteiger partial charge in [0.1, 0.15) is 17.2 Å². The van der Waals surface area contributed by atoms with Gasteiger partial charge in [-0.3, -0.25) is 0 Å². The second kappa shape index (κ2) is 7.20. The lowest BCUT2D eigenvalue weighted by Crippen LogP contribution is -1.95. The Morgan fingerprint density at radius 2 is 1.71 bits per heavy atom. The SMILES string of the molecule is CCCOc1ccc(Oc2ccc(N)c(CC#N)c2)cc1. The van der Waals surface area contributed by atoms with Crippen LogP contribution in [0.3, 0.4) is 0 Å². The molecule has 0 spiro atoms. The molecule has 0 aromatic heterocycles. The van der Waals surface area contributed by atoms with Gasteiger partial charge >= 0.3 is 0 Å². The van der Waals surface area contributed by atoms with Crippen LogP contribution in [-0.2, 0) is 6.42 Å². The van der Waals surface area contributed by atoms with Crippen molar-refractivity contribution in [3.8, 4) is 23.3 Å². The average Bonchev–Trinajstić information content (AvgIpc) is 2.50. The van der Waals surface area contributed by atoms with Gasteiger partial charge < -0.3 is 15.2 Å². The lowest BCUT2D eigenvalue weighted by atomic mass is 10.1. The molecule has 2 aromatic carbocycles. The van der Waals surface area contributed by atoms with Crippen molar-refractivity contribution in [1.82, 2.24) is 0 Å². The van der Waals surface area contributed by atoms with E-state index < -0.39 is 0 Å². The van der Waals surface area contributed by atoms with E-state index in [0.717, 1.165) is 17.7 Å². The summed E-state index contributed by atoms with van der Waals surface area (Å²) in [6.07, 6.45) is 1.25. The molecule has 4 nitrogen and oxygen atoms in total. The van der Waals surface area contributed by atoms with Crippen molar-refractivity contribution in [1.29, 1.82) is 5.26 Å². The monoisotopic (exact) mass is 282 g/mol. The number of nitrogens with zero attached hydrogens (tertiary/aromatic N) is 1. The van der Waals surface area contributed by atoms with Gasteiger partial charge in [0, 0.05) is 5.69 Å². The Bertz CT molecular complexity index is 630. The van der Waals surface area contributed by atoms with Gasteiger partial charge in [0.15, 0.2) is 0 Å². The van der Waals surface area contributed by atoms with Crippen LogP contribution in [0.2, 0.25) is 0 Å². The summed E-state index contributed by atoms with van der Waals surface area (Å²) >= 11 is 0. The second-order valence-electron chi connectivity index (χ2n) is 4.62. The van der Waals surface area contributed by atoms with E-state index in [1.807, 2.05) is 24.3 Å². The van der Waals surface area contributed by atoms with Gasteiger partial charge in [-0.1, -0.05) is 6.92 Å². The molecule has 108 valence electrons. The van der Waals surface area contributed by atoms with E-state index in [-0.39, 0.29) is 6.42 Å². The Morgan fingerprint density at radius 3 is 2.38 bits per heavy atom. The molecule has 2 rings (SSSR count). The maximum absolute atomic E-state index is 8.77. The molecule has 0 fully saturated rings. The second-order valence-corrected chi connectivity index (χ2v) is 4.62. The third-order valence-corrected chi connectivity index (χ3v) is 2.92. The summed E-state index contributed by atoms with van der Waals surface area (Å²) in [4.78, 5) is 0. The van der Waals surface area contributed by atoms with Crippen LogP contribution in [0.15, 0.2) is 42.5 Å². The fraction of sp³-hybridized carbons (Fsp3) is 0.235. The highest BCUT2D eigenvalue weighted by Crippen LogP contribution is 2.26. The van der Waals surface area contributed by atoms with E-state index in [9.17, 15) is 0 Å². The first-order valence-corrected chi connectivity index (χ1v) is 6.89. The standard InChI is InChI=1S/C17H18N2O2/c1-2-11-20-14-3-5-15(6-4-14)21-16-7-8-17(19)13(12-16)9-10-18/h3-8,12H,2,9,11,19H2,1H3. The fourth-order valence-electron chi connectivity index (χ4n) is 1.84. The highest BCUT2D eigenvalue weighted by Gasteiger charge is 2.03. The molecule has 0 saturated heterocycles. The predicted octanol–water partition coefficient (Wildman–Crippen LogP) is 3.92. The smallest absolute Gasteiger partial charge is 0.127 e. The van der Waals surface area contributed by atoms with Crippen molar-refractivity contribution in [2.24, 2.45) is 0 Å². The van der Waals surface area contributed by atoms with E-state index in [1.165, 1.54) is 0 Å². The number of benzene rings is 2. The van der Waals surface area contributed by atoms with Crippen LogP contribution in [0.4, 0.5) is 5.69 Å². The van der Waals surface area contributed by atoms with Crippen LogP contribution >= 0.6 is 0 Å². The zero-order valence-corrected chi connectivity index (χ0v) is 12.0. The number of rotatable bonds is 6. The Balaban J connectivity index is 2.07. The zero-order valence-electron chi connectivity index (χ0n) is 12.0. The number of hydrogen-bond donors (Lipinski definition) is 1. The fourth-order valence-corrected chi connectivity index (χ4v) is 1.84. The molecular formula is C17H18N2O2. The van der Waals surface area contributed by atoms with Crippen LogP contribution < -0.4 is 15.2 Å². The molecule has 0 aliphatic heterocycles. The van der Waals surface area contributed by atoms with Gasteiger partial charge in [0.25, 0.3) is 0 Å². The molecule has 0 saturated carbocycles. The van der Waals surface area contributed by atoms with E-state index in [2.05, 4.69) is 13.0 Å². The zero-order chi connectivity index (χ0) is 15.1. The van der Waals surface area contributed by atoms with Gasteiger partial charge in [-0.15, -0.1) is 0 Å². The van der Waals surface area contributed by atoms with Crippen LogP contribution in [0, 0.1) is 11.3 Å². The summed E-state index contributed by atoms with van der Waals surface area (Å²) in [5, 5.41) is 8.77. The normalized spacial score (nSPS) is 9.90. The number of ether oxygens (including phenoxy) is 2. The number of hydrogen-bond acceptors (Lipinski definition) is 4. The minimum atomic E-state index is 0.271. The number of nitrogen functional groups attached to an aromatic ring is 1. The van der Waals surface area contributed by atoms with Crippen molar-refractivity contribution in [3.05, 3.63) is 48.0 Å². The maximum atomic E-state index is 8.77. The van der Waals surface area contributed by atoms with Crippen molar-refractivity contribution >= 4 is 5.69 Å². The molecular weight excluding hydrogens is 264 g/mol. The average molecular weight is 282 g/mol. The minimum absolute atomic E-state index is 0.271. The van der Waals surface area contributed by atoms with Gasteiger partial charge in [-0.05, 0) is 54.4 Å². The lowest BCUT2D eigenvalue weighted by Gasteiger charge is -2.09. The first kappa shape index (κ1) is 14.7. The summed E-state index contributed by atoms with van der Waals surface area (Å²) in [6, 6.07) is 14.9. The molecule has 0 unspecified atom stereocenters. The summed E-state index contributed by atoms with van der Waals surface area (Å²) in [7, 11) is 0. The molecule has 0 atom stereocenters. The van der Waals surface area contributed by atoms with E-state index >= 15 is 0 Å². The molecule has 21 heavy (non-hydrogen) atoms. The number of anilines is 1. The molecule has 0 aliphatic rings. The van der Waals surface area contributed by atoms with Gasteiger partial charge in [-0.2, -0.15) is 5.26 Å². The van der Waals surface area contributed by atoms with Crippen molar-refractivity contribution in [2.45, 2.75) is 19.8 Å². The van der Waals surface area contributed by atoms with Crippen LogP contribution in [0.5, 0.6) is 17.2 Å². The van der Waals surface area contributed by atoms with E-state index in [4.69, 9.17) is 20.5 Å². The first-order valence-electron chi connectivity index (χ1n) is 6.89. The Hall–Kier alpha value is -2.67. The van der Waals surface area contributed by atoms with Crippen LogP contribution in [0.1, 0.15) is 18.9 Å². The third kappa shape index (κ3) is 4.15. The molecule has 0 aliphatic carbocycles. The largest absolute Gasteiger partial charge is 0.494 e. The molecule has 0 radical (unpaired) electrons. The summed E-state index contributed by atoms with van der Waals surface area (Å²) in [5.41, 5.74) is 7.19. The Labute approximate surface area is 124 Å². The summed E-state index contributed by atoms with van der Waals surface area (Å²) in [6.45, 7) is 2.77. The van der Waals surface area contributed by atoms with Crippen LogP contribution in [0.25, 0.3) is 0 Å². The van der Waals surface area contributed by atoms with Gasteiger partial charge in [-0.25, -0.2) is 0 Å². The number of nitrogens with two attached hydrogens (primary N) is 1. The first-order chi connectivity index (χ1) is 10.2. The topological polar surface area (TPSA) is 68.3 Å². The number of nitriles is 1. The van der Waals surface area contributed by atoms with Crippen LogP contribution in [-0.4, -0.2) is 6.61 Å². The Morgan fingerprint density at radius 1 is 1.05 bits per heavy atom. The van der Waals surface area contributed by atoms with Crippen molar-refractivity contribution < 1.29 is 9.47 Å². The van der Waals surface area contributed by atoms with E-state index in [1.54, 1.807) is 18.2 Å². The summed E-state index contributed by atoms with van der Waals surface area (Å²) in [5.74, 6) is 2.20. The molecule has 2 N–H and O–H groups in total. The predicted molar refractivity (Wildman–Crippen MR) is 82.5 cm³/mol. The Kier molecular flexibility index (Phi) is 5.05. The molecule has 0 amide bonds. The highest BCUT2D eigenvalue weighted by molar-refractivity contribution is 5.52. The van der Waals surface area contributed by atoms with Gasteiger partial charge in [0.05, 0.1) is 19.1 Å². The summed E-state index contributed by atoms with van der Waals surface area (Å²) < 4.78 is 11.3. The highest BCUT2D eigenvalue weighted by atomic mass is 16.5. The van der Waals surface area contributed by atoms with Crippen molar-refractivity contribution in [3.63, 3.8) is 0 Å². The third-order valence-electron chi connectivity index (χ3n) is 2.92. The molecule has 0 bridgehead atoms. The van der Waals surface area contributed by atoms with Crippen molar-refractivity contribution in [2.75, 3.05) is 12.3 Å². The molecule has 4 heteroatoms.